The van der Waals surface area contributed by atoms with Crippen LogP contribution in [0.15, 0.2) is 16.6 Å². The van der Waals surface area contributed by atoms with Crippen molar-refractivity contribution in [3.05, 3.63) is 27.7 Å². The fourth-order valence-electron chi connectivity index (χ4n) is 1.63. The van der Waals surface area contributed by atoms with Crippen molar-refractivity contribution in [3.63, 3.8) is 0 Å². The third kappa shape index (κ3) is 1.66. The summed E-state index contributed by atoms with van der Waals surface area (Å²) in [5.41, 5.74) is 8.17. The van der Waals surface area contributed by atoms with Crippen LogP contribution in [-0.2, 0) is 12.0 Å². The fourth-order valence-corrected chi connectivity index (χ4v) is 2.25. The molecule has 0 aliphatic carbocycles. The zero-order valence-electron chi connectivity index (χ0n) is 8.43. The van der Waals surface area contributed by atoms with E-state index in [4.69, 9.17) is 10.5 Å². The summed E-state index contributed by atoms with van der Waals surface area (Å²) in [4.78, 5) is 0. The van der Waals surface area contributed by atoms with E-state index in [0.29, 0.717) is 0 Å². The van der Waals surface area contributed by atoms with Crippen molar-refractivity contribution >= 4 is 15.9 Å². The highest BCUT2D eigenvalue weighted by molar-refractivity contribution is 9.10. The van der Waals surface area contributed by atoms with Crippen molar-refractivity contribution in [1.82, 2.24) is 0 Å². The van der Waals surface area contributed by atoms with Crippen molar-refractivity contribution < 1.29 is 4.74 Å². The van der Waals surface area contributed by atoms with Crippen LogP contribution in [0, 0.1) is 0 Å². The van der Waals surface area contributed by atoms with E-state index in [0.717, 1.165) is 28.8 Å². The monoisotopic (exact) mass is 255 g/mol. The molecule has 2 nitrogen and oxygen atoms in total. The molecule has 1 aromatic carbocycles. The zero-order chi connectivity index (χ0) is 10.3. The van der Waals surface area contributed by atoms with Gasteiger partial charge in [0.05, 0.1) is 11.1 Å². The van der Waals surface area contributed by atoms with Crippen LogP contribution in [0.4, 0.5) is 0 Å². The number of hydrogen-bond acceptors (Lipinski definition) is 2. The van der Waals surface area contributed by atoms with Crippen LogP contribution >= 0.6 is 15.9 Å². The Morgan fingerprint density at radius 1 is 1.43 bits per heavy atom. The van der Waals surface area contributed by atoms with Gasteiger partial charge in [0, 0.05) is 12.0 Å². The third-order valence-corrected chi connectivity index (χ3v) is 3.07. The molecule has 1 aromatic rings. The summed E-state index contributed by atoms with van der Waals surface area (Å²) in [6.45, 7) is 4.80. The number of nitrogens with two attached hydrogens (primary N) is 1. The van der Waals surface area contributed by atoms with Gasteiger partial charge in [-0.25, -0.2) is 0 Å². The number of fused-ring (bicyclic) bond motifs is 1. The van der Waals surface area contributed by atoms with Gasteiger partial charge in [-0.1, -0.05) is 6.07 Å². The Labute approximate surface area is 92.6 Å². The molecule has 14 heavy (non-hydrogen) atoms. The van der Waals surface area contributed by atoms with E-state index in [1.54, 1.807) is 0 Å². The van der Waals surface area contributed by atoms with Gasteiger partial charge in [0.25, 0.3) is 0 Å². The summed E-state index contributed by atoms with van der Waals surface area (Å²) in [5, 5.41) is 0. The smallest absolute Gasteiger partial charge is 0.136 e. The molecule has 0 saturated carbocycles. The van der Waals surface area contributed by atoms with Gasteiger partial charge in [-0.15, -0.1) is 0 Å². The average Bonchev–Trinajstić information content (AvgIpc) is 2.50. The van der Waals surface area contributed by atoms with E-state index in [2.05, 4.69) is 22.0 Å². The van der Waals surface area contributed by atoms with Crippen LogP contribution in [0.2, 0.25) is 0 Å². The molecule has 2 N–H and O–H groups in total. The molecule has 1 heterocycles. The molecule has 2 rings (SSSR count). The van der Waals surface area contributed by atoms with Crippen molar-refractivity contribution in [3.8, 4) is 5.75 Å². The lowest BCUT2D eigenvalue weighted by Crippen LogP contribution is -2.28. The normalized spacial score (nSPS) is 15.1. The minimum Gasteiger partial charge on any atom is -0.492 e. The molecule has 0 fully saturated rings. The maximum absolute atomic E-state index is 6.06. The Morgan fingerprint density at radius 2 is 2.14 bits per heavy atom. The van der Waals surface area contributed by atoms with E-state index >= 15 is 0 Å². The second-order valence-electron chi connectivity index (χ2n) is 4.27. The second-order valence-corrected chi connectivity index (χ2v) is 5.12. The molecule has 3 heteroatoms. The van der Waals surface area contributed by atoms with E-state index in [-0.39, 0.29) is 5.54 Å². The van der Waals surface area contributed by atoms with Gasteiger partial charge in [-0.3, -0.25) is 0 Å². The molecule has 0 bridgehead atoms. The summed E-state index contributed by atoms with van der Waals surface area (Å²) in [6, 6.07) is 4.19. The van der Waals surface area contributed by atoms with E-state index in [1.807, 2.05) is 19.9 Å². The van der Waals surface area contributed by atoms with Crippen LogP contribution in [0.25, 0.3) is 0 Å². The molecular weight excluding hydrogens is 242 g/mol. The SMILES string of the molecule is CC(C)(N)c1cc(Br)c2c(c1)CCO2. The van der Waals surface area contributed by atoms with Gasteiger partial charge in [0.1, 0.15) is 5.75 Å². The minimum atomic E-state index is -0.292. The van der Waals surface area contributed by atoms with Gasteiger partial charge < -0.3 is 10.5 Å². The Morgan fingerprint density at radius 3 is 2.79 bits per heavy atom. The Kier molecular flexibility index (Phi) is 2.32. The van der Waals surface area contributed by atoms with Crippen LogP contribution in [-0.4, -0.2) is 6.61 Å². The number of halogens is 1. The second kappa shape index (κ2) is 3.24. The van der Waals surface area contributed by atoms with E-state index < -0.39 is 0 Å². The van der Waals surface area contributed by atoms with Crippen LogP contribution in [0.5, 0.6) is 5.75 Å². The third-order valence-electron chi connectivity index (χ3n) is 2.48. The molecule has 1 aliphatic rings. The van der Waals surface area contributed by atoms with Gasteiger partial charge in [-0.2, -0.15) is 0 Å². The maximum atomic E-state index is 6.06. The molecule has 1 aliphatic heterocycles. The van der Waals surface area contributed by atoms with Crippen molar-refractivity contribution in [2.24, 2.45) is 5.73 Å². The standard InChI is InChI=1S/C11H14BrNO/c1-11(2,13)8-5-7-3-4-14-10(7)9(12)6-8/h5-6H,3-4,13H2,1-2H3. The summed E-state index contributed by atoms with van der Waals surface area (Å²) >= 11 is 3.51. The summed E-state index contributed by atoms with van der Waals surface area (Å²) < 4.78 is 6.52. The molecule has 0 amide bonds. The highest BCUT2D eigenvalue weighted by Crippen LogP contribution is 2.36. The quantitative estimate of drug-likeness (QED) is 0.838. The lowest BCUT2D eigenvalue weighted by molar-refractivity contribution is 0.355. The molecule has 0 spiro atoms. The molecule has 0 aromatic heterocycles. The van der Waals surface area contributed by atoms with E-state index in [1.165, 1.54) is 5.56 Å². The molecule has 0 unspecified atom stereocenters. The Bertz CT molecular complexity index is 368. The van der Waals surface area contributed by atoms with Crippen molar-refractivity contribution in [2.45, 2.75) is 25.8 Å². The Balaban J connectivity index is 2.52. The molecule has 0 saturated heterocycles. The molecule has 0 atom stereocenters. The fraction of sp³-hybridized carbons (Fsp3) is 0.455. The van der Waals surface area contributed by atoms with Crippen LogP contribution < -0.4 is 10.5 Å². The maximum Gasteiger partial charge on any atom is 0.136 e. The summed E-state index contributed by atoms with van der Waals surface area (Å²) in [5.74, 6) is 0.984. The Hall–Kier alpha value is -0.540. The molecular formula is C11H14BrNO. The highest BCUT2D eigenvalue weighted by Gasteiger charge is 2.21. The molecule has 76 valence electrons. The van der Waals surface area contributed by atoms with Crippen molar-refractivity contribution in [1.29, 1.82) is 0 Å². The first-order chi connectivity index (χ1) is 6.48. The van der Waals surface area contributed by atoms with Gasteiger partial charge >= 0.3 is 0 Å². The van der Waals surface area contributed by atoms with E-state index in [9.17, 15) is 0 Å². The average molecular weight is 256 g/mol. The van der Waals surface area contributed by atoms with Crippen LogP contribution in [0.3, 0.4) is 0 Å². The van der Waals surface area contributed by atoms with Crippen LogP contribution in [0.1, 0.15) is 25.0 Å². The lowest BCUT2D eigenvalue weighted by Gasteiger charge is -2.20. The van der Waals surface area contributed by atoms with Gasteiger partial charge in [-0.05, 0) is 47.0 Å². The first-order valence-electron chi connectivity index (χ1n) is 4.73. The summed E-state index contributed by atoms with van der Waals surface area (Å²) in [6.07, 6.45) is 0.984. The minimum absolute atomic E-state index is 0.292. The zero-order valence-corrected chi connectivity index (χ0v) is 10.0. The summed E-state index contributed by atoms with van der Waals surface area (Å²) in [7, 11) is 0. The number of hydrogen-bond donors (Lipinski definition) is 1. The predicted molar refractivity (Wildman–Crippen MR) is 60.6 cm³/mol. The molecule has 0 radical (unpaired) electrons. The lowest BCUT2D eigenvalue weighted by atomic mass is 9.93. The number of benzene rings is 1. The van der Waals surface area contributed by atoms with Gasteiger partial charge in [0.15, 0.2) is 0 Å². The largest absolute Gasteiger partial charge is 0.492 e. The first kappa shape index (κ1) is 9.99. The predicted octanol–water partition coefficient (Wildman–Crippen LogP) is 2.58. The highest BCUT2D eigenvalue weighted by atomic mass is 79.9. The first-order valence-corrected chi connectivity index (χ1v) is 5.52. The van der Waals surface area contributed by atoms with Gasteiger partial charge in [0.2, 0.25) is 0 Å². The topological polar surface area (TPSA) is 35.2 Å². The number of rotatable bonds is 1. The number of ether oxygens (including phenoxy) is 1. The van der Waals surface area contributed by atoms with Crippen molar-refractivity contribution in [2.75, 3.05) is 6.61 Å².